The minimum absolute atomic E-state index is 0.0576. The highest BCUT2D eigenvalue weighted by Crippen LogP contribution is 2.07. The summed E-state index contributed by atoms with van der Waals surface area (Å²) in [7, 11) is 1.92. The summed E-state index contributed by atoms with van der Waals surface area (Å²) in [6.45, 7) is 0.574. The molecule has 1 heterocycles. The second kappa shape index (κ2) is 3.56. The van der Waals surface area contributed by atoms with Crippen LogP contribution >= 0.6 is 0 Å². The van der Waals surface area contributed by atoms with Crippen molar-refractivity contribution in [2.45, 2.75) is 25.3 Å². The molecule has 3 nitrogen and oxygen atoms in total. The van der Waals surface area contributed by atoms with Gasteiger partial charge in [-0.25, -0.2) is 0 Å². The van der Waals surface area contributed by atoms with E-state index in [1.165, 1.54) is 0 Å². The van der Waals surface area contributed by atoms with E-state index in [2.05, 4.69) is 5.32 Å². The first-order valence-electron chi connectivity index (χ1n) is 3.66. The van der Waals surface area contributed by atoms with Crippen LogP contribution in [0.5, 0.6) is 0 Å². The minimum atomic E-state index is -0.0576. The Balaban J connectivity index is 2.33. The number of hydrogen-bond donors (Lipinski definition) is 1. The predicted molar refractivity (Wildman–Crippen MR) is 37.7 cm³/mol. The zero-order valence-electron chi connectivity index (χ0n) is 6.22. The summed E-state index contributed by atoms with van der Waals surface area (Å²) in [5, 5.41) is 3.13. The lowest BCUT2D eigenvalue weighted by molar-refractivity contribution is -0.142. The molecule has 1 fully saturated rings. The van der Waals surface area contributed by atoms with Gasteiger partial charge in [-0.05, 0) is 19.9 Å². The summed E-state index contributed by atoms with van der Waals surface area (Å²) >= 11 is 0. The van der Waals surface area contributed by atoms with Gasteiger partial charge >= 0.3 is 5.97 Å². The van der Waals surface area contributed by atoms with Gasteiger partial charge < -0.3 is 10.1 Å². The van der Waals surface area contributed by atoms with Gasteiger partial charge in [0.15, 0.2) is 0 Å². The molecule has 0 bridgehead atoms. The molecule has 58 valence electrons. The Morgan fingerprint density at radius 1 is 1.60 bits per heavy atom. The second-order valence-electron chi connectivity index (χ2n) is 2.53. The quantitative estimate of drug-likeness (QED) is 0.536. The average Bonchev–Trinajstić information content (AvgIpc) is 2.14. The van der Waals surface area contributed by atoms with E-state index in [4.69, 9.17) is 4.74 Å². The Morgan fingerprint density at radius 2 is 2.40 bits per heavy atom. The molecular weight excluding hydrogens is 130 g/mol. The predicted octanol–water partition coefficient (Wildman–Crippen LogP) is 0.301. The van der Waals surface area contributed by atoms with Gasteiger partial charge in [-0.3, -0.25) is 4.79 Å². The molecule has 10 heavy (non-hydrogen) atoms. The van der Waals surface area contributed by atoms with Crippen molar-refractivity contribution in [2.75, 3.05) is 13.7 Å². The lowest BCUT2D eigenvalue weighted by atomic mass is 10.1. The highest BCUT2D eigenvalue weighted by Gasteiger charge is 2.14. The van der Waals surface area contributed by atoms with Gasteiger partial charge in [-0.1, -0.05) is 0 Å². The fraction of sp³-hybridized carbons (Fsp3) is 0.857. The van der Waals surface area contributed by atoms with E-state index in [-0.39, 0.29) is 5.97 Å². The van der Waals surface area contributed by atoms with Crippen LogP contribution in [0.25, 0.3) is 0 Å². The van der Waals surface area contributed by atoms with Crippen molar-refractivity contribution in [2.24, 2.45) is 0 Å². The second-order valence-corrected chi connectivity index (χ2v) is 2.53. The third kappa shape index (κ3) is 1.99. The topological polar surface area (TPSA) is 38.3 Å². The third-order valence-corrected chi connectivity index (χ3v) is 1.83. The highest BCUT2D eigenvalue weighted by molar-refractivity contribution is 5.69. The van der Waals surface area contributed by atoms with Gasteiger partial charge in [-0.15, -0.1) is 0 Å². The van der Waals surface area contributed by atoms with Gasteiger partial charge in [0.05, 0.1) is 6.61 Å². The fourth-order valence-electron chi connectivity index (χ4n) is 1.11. The van der Waals surface area contributed by atoms with E-state index in [1.54, 1.807) is 0 Å². The number of hydrogen-bond acceptors (Lipinski definition) is 3. The molecule has 0 aliphatic carbocycles. The summed E-state index contributed by atoms with van der Waals surface area (Å²) in [4.78, 5) is 10.7. The van der Waals surface area contributed by atoms with Crippen LogP contribution in [0.3, 0.4) is 0 Å². The van der Waals surface area contributed by atoms with Crippen LogP contribution in [0.4, 0.5) is 0 Å². The number of carbonyl (C=O) groups excluding carboxylic acids is 1. The smallest absolute Gasteiger partial charge is 0.305 e. The lowest BCUT2D eigenvalue weighted by Gasteiger charge is -2.09. The average molecular weight is 143 g/mol. The summed E-state index contributed by atoms with van der Waals surface area (Å²) in [5.74, 6) is -0.0576. The zero-order valence-corrected chi connectivity index (χ0v) is 6.22. The zero-order chi connectivity index (χ0) is 7.40. The molecule has 1 unspecified atom stereocenters. The molecule has 0 amide bonds. The molecule has 0 spiro atoms. The number of esters is 1. The molecule has 1 N–H and O–H groups in total. The van der Waals surface area contributed by atoms with Crippen molar-refractivity contribution in [1.29, 1.82) is 0 Å². The van der Waals surface area contributed by atoms with Gasteiger partial charge in [0.25, 0.3) is 0 Å². The monoisotopic (exact) mass is 143 g/mol. The molecule has 0 aromatic carbocycles. The van der Waals surface area contributed by atoms with Gasteiger partial charge in [0.1, 0.15) is 0 Å². The Bertz CT molecular complexity index is 125. The summed E-state index contributed by atoms with van der Waals surface area (Å²) in [6.07, 6.45) is 2.42. The number of carbonyl (C=O) groups is 1. The Labute approximate surface area is 60.7 Å². The van der Waals surface area contributed by atoms with E-state index >= 15 is 0 Å². The third-order valence-electron chi connectivity index (χ3n) is 1.83. The van der Waals surface area contributed by atoms with Crippen LogP contribution in [-0.4, -0.2) is 25.7 Å². The Hall–Kier alpha value is -0.570. The number of rotatable bonds is 1. The van der Waals surface area contributed by atoms with Crippen LogP contribution < -0.4 is 5.32 Å². The van der Waals surface area contributed by atoms with Crippen LogP contribution in [0.15, 0.2) is 0 Å². The molecule has 0 radical (unpaired) electrons. The first-order valence-corrected chi connectivity index (χ1v) is 3.66. The van der Waals surface area contributed by atoms with Gasteiger partial charge in [0.2, 0.25) is 0 Å². The van der Waals surface area contributed by atoms with Gasteiger partial charge in [0, 0.05) is 12.5 Å². The standard InChI is InChI=1S/C7H13NO2/c1-8-6-2-3-7(9)10-5-4-6/h6,8H,2-5H2,1H3. The van der Waals surface area contributed by atoms with E-state index in [0.29, 0.717) is 19.1 Å². The first-order chi connectivity index (χ1) is 4.83. The Morgan fingerprint density at radius 3 is 3.10 bits per heavy atom. The molecular formula is C7H13NO2. The first kappa shape index (κ1) is 7.54. The fourth-order valence-corrected chi connectivity index (χ4v) is 1.11. The summed E-state index contributed by atoms with van der Waals surface area (Å²) in [5.41, 5.74) is 0. The van der Waals surface area contributed by atoms with Crippen molar-refractivity contribution in [3.05, 3.63) is 0 Å². The van der Waals surface area contributed by atoms with Crippen molar-refractivity contribution in [3.63, 3.8) is 0 Å². The molecule has 1 aliphatic rings. The van der Waals surface area contributed by atoms with Crippen LogP contribution in [-0.2, 0) is 9.53 Å². The molecule has 0 aromatic heterocycles. The molecule has 1 rings (SSSR count). The largest absolute Gasteiger partial charge is 0.466 e. The van der Waals surface area contributed by atoms with E-state index in [1.807, 2.05) is 7.05 Å². The van der Waals surface area contributed by atoms with E-state index in [9.17, 15) is 4.79 Å². The molecule has 1 aliphatic heterocycles. The van der Waals surface area contributed by atoms with Crippen molar-refractivity contribution < 1.29 is 9.53 Å². The molecule has 0 saturated carbocycles. The maximum Gasteiger partial charge on any atom is 0.305 e. The normalized spacial score (nSPS) is 27.3. The number of nitrogens with one attached hydrogen (secondary N) is 1. The van der Waals surface area contributed by atoms with Crippen molar-refractivity contribution in [3.8, 4) is 0 Å². The lowest BCUT2D eigenvalue weighted by Crippen LogP contribution is -2.24. The number of cyclic esters (lactones) is 1. The van der Waals surface area contributed by atoms with Crippen molar-refractivity contribution in [1.82, 2.24) is 5.32 Å². The van der Waals surface area contributed by atoms with Crippen molar-refractivity contribution >= 4 is 5.97 Å². The van der Waals surface area contributed by atoms with Crippen LogP contribution in [0.1, 0.15) is 19.3 Å². The highest BCUT2D eigenvalue weighted by atomic mass is 16.5. The van der Waals surface area contributed by atoms with Crippen LogP contribution in [0.2, 0.25) is 0 Å². The number of ether oxygens (including phenoxy) is 1. The Kier molecular flexibility index (Phi) is 2.68. The maximum absolute atomic E-state index is 10.7. The molecule has 3 heteroatoms. The van der Waals surface area contributed by atoms with E-state index < -0.39 is 0 Å². The SMILES string of the molecule is CNC1CCOC(=O)CC1. The van der Waals surface area contributed by atoms with Crippen LogP contribution in [0, 0.1) is 0 Å². The summed E-state index contributed by atoms with van der Waals surface area (Å²) in [6, 6.07) is 0.464. The molecule has 0 aromatic rings. The minimum Gasteiger partial charge on any atom is -0.466 e. The summed E-state index contributed by atoms with van der Waals surface area (Å²) < 4.78 is 4.86. The maximum atomic E-state index is 10.7. The van der Waals surface area contributed by atoms with E-state index in [0.717, 1.165) is 12.8 Å². The molecule has 1 saturated heterocycles. The molecule has 1 atom stereocenters. The van der Waals surface area contributed by atoms with Gasteiger partial charge in [-0.2, -0.15) is 0 Å².